The maximum absolute atomic E-state index is 4.36. The molecule has 0 bridgehead atoms. The largest absolute Gasteiger partial charge is 0.345 e. The van der Waals surface area contributed by atoms with Gasteiger partial charge in [-0.15, -0.1) is 0 Å². The van der Waals surface area contributed by atoms with Crippen LogP contribution in [0.15, 0.2) is 67.0 Å². The van der Waals surface area contributed by atoms with Crippen molar-refractivity contribution in [2.45, 2.75) is 0 Å². The Kier molecular flexibility index (Phi) is 2.15. The van der Waals surface area contributed by atoms with Gasteiger partial charge in [0, 0.05) is 18.0 Å². The second-order valence-electron chi connectivity index (χ2n) is 4.63. The van der Waals surface area contributed by atoms with Gasteiger partial charge in [0.15, 0.2) is 0 Å². The van der Waals surface area contributed by atoms with Crippen LogP contribution in [0.5, 0.6) is 0 Å². The summed E-state index contributed by atoms with van der Waals surface area (Å²) in [6.07, 6.45) is 3.64. The van der Waals surface area contributed by atoms with Crippen molar-refractivity contribution in [3.8, 4) is 11.4 Å². The van der Waals surface area contributed by atoms with Crippen LogP contribution in [0.3, 0.4) is 0 Å². The average Bonchev–Trinajstić information content (AvgIpc) is 3.00. The van der Waals surface area contributed by atoms with Crippen LogP contribution >= 0.6 is 0 Å². The number of aromatic amines is 1. The summed E-state index contributed by atoms with van der Waals surface area (Å²) in [7, 11) is 0. The molecule has 4 aromatic rings. The van der Waals surface area contributed by atoms with Gasteiger partial charge in [0.2, 0.25) is 0 Å². The molecule has 1 heterocycles. The van der Waals surface area contributed by atoms with E-state index in [1.165, 1.54) is 21.5 Å². The summed E-state index contributed by atoms with van der Waals surface area (Å²) in [5.41, 5.74) is 1.15. The van der Waals surface area contributed by atoms with Crippen molar-refractivity contribution in [1.82, 2.24) is 9.97 Å². The number of aromatic nitrogens is 2. The Labute approximate surface area is 110 Å². The average molecular weight is 244 g/mol. The van der Waals surface area contributed by atoms with Crippen LogP contribution in [0.1, 0.15) is 0 Å². The molecule has 4 rings (SSSR count). The first-order valence-electron chi connectivity index (χ1n) is 6.34. The molecule has 0 saturated heterocycles. The van der Waals surface area contributed by atoms with Crippen LogP contribution < -0.4 is 0 Å². The molecule has 0 aliphatic heterocycles. The molecule has 19 heavy (non-hydrogen) atoms. The van der Waals surface area contributed by atoms with Crippen molar-refractivity contribution in [2.75, 3.05) is 0 Å². The van der Waals surface area contributed by atoms with E-state index in [1.807, 2.05) is 6.20 Å². The van der Waals surface area contributed by atoms with Crippen molar-refractivity contribution in [2.24, 2.45) is 0 Å². The van der Waals surface area contributed by atoms with E-state index >= 15 is 0 Å². The number of H-pyrrole nitrogens is 1. The first-order chi connectivity index (χ1) is 9.43. The van der Waals surface area contributed by atoms with E-state index in [1.54, 1.807) is 6.20 Å². The van der Waals surface area contributed by atoms with Gasteiger partial charge in [-0.1, -0.05) is 54.6 Å². The molecule has 0 atom stereocenters. The Bertz CT molecular complexity index is 861. The Morgan fingerprint density at radius 1 is 0.737 bits per heavy atom. The molecule has 0 aliphatic carbocycles. The smallest absolute Gasteiger partial charge is 0.137 e. The molecular weight excluding hydrogens is 232 g/mol. The minimum Gasteiger partial charge on any atom is -0.345 e. The highest BCUT2D eigenvalue weighted by Gasteiger charge is 2.07. The fourth-order valence-electron chi connectivity index (χ4n) is 2.66. The van der Waals surface area contributed by atoms with E-state index in [0.717, 1.165) is 11.4 Å². The number of rotatable bonds is 1. The summed E-state index contributed by atoms with van der Waals surface area (Å²) in [6.45, 7) is 0. The fraction of sp³-hybridized carbons (Fsp3) is 0. The zero-order valence-corrected chi connectivity index (χ0v) is 10.3. The third kappa shape index (κ3) is 1.54. The zero-order chi connectivity index (χ0) is 12.7. The van der Waals surface area contributed by atoms with Gasteiger partial charge in [0.1, 0.15) is 5.82 Å². The van der Waals surface area contributed by atoms with E-state index in [0.29, 0.717) is 0 Å². The number of fused-ring (bicyclic) bond motifs is 3. The molecule has 0 fully saturated rings. The van der Waals surface area contributed by atoms with Gasteiger partial charge in [-0.2, -0.15) is 0 Å². The molecule has 1 N–H and O–H groups in total. The minimum absolute atomic E-state index is 0.917. The van der Waals surface area contributed by atoms with Gasteiger partial charge in [0.25, 0.3) is 0 Å². The van der Waals surface area contributed by atoms with Gasteiger partial charge in [0.05, 0.1) is 0 Å². The molecule has 0 saturated carbocycles. The summed E-state index contributed by atoms with van der Waals surface area (Å²) in [6, 6.07) is 19.2. The zero-order valence-electron chi connectivity index (χ0n) is 10.3. The van der Waals surface area contributed by atoms with Crippen LogP contribution in [0.25, 0.3) is 32.9 Å². The number of imidazole rings is 1. The lowest BCUT2D eigenvalue weighted by Gasteiger charge is -2.07. The summed E-state index contributed by atoms with van der Waals surface area (Å²) in [5, 5.41) is 5.06. The highest BCUT2D eigenvalue weighted by molar-refractivity contribution is 6.11. The topological polar surface area (TPSA) is 28.7 Å². The second kappa shape index (κ2) is 3.95. The third-order valence-corrected chi connectivity index (χ3v) is 3.54. The number of nitrogens with zero attached hydrogens (tertiary/aromatic N) is 1. The molecule has 90 valence electrons. The first kappa shape index (κ1) is 10.3. The monoisotopic (exact) mass is 244 g/mol. The van der Waals surface area contributed by atoms with Crippen molar-refractivity contribution in [3.05, 3.63) is 67.0 Å². The lowest BCUT2D eigenvalue weighted by Crippen LogP contribution is -1.84. The summed E-state index contributed by atoms with van der Waals surface area (Å²) < 4.78 is 0. The number of hydrogen-bond acceptors (Lipinski definition) is 1. The van der Waals surface area contributed by atoms with Gasteiger partial charge >= 0.3 is 0 Å². The molecule has 2 heteroatoms. The molecule has 0 spiro atoms. The van der Waals surface area contributed by atoms with E-state index < -0.39 is 0 Å². The van der Waals surface area contributed by atoms with Crippen molar-refractivity contribution >= 4 is 21.5 Å². The third-order valence-electron chi connectivity index (χ3n) is 3.54. The number of benzene rings is 3. The van der Waals surface area contributed by atoms with Crippen LogP contribution in [0.4, 0.5) is 0 Å². The van der Waals surface area contributed by atoms with Gasteiger partial charge < -0.3 is 4.98 Å². The van der Waals surface area contributed by atoms with Gasteiger partial charge in [-0.25, -0.2) is 4.98 Å². The maximum Gasteiger partial charge on any atom is 0.137 e. The first-order valence-corrected chi connectivity index (χ1v) is 6.34. The number of nitrogens with one attached hydrogen (secondary N) is 1. The van der Waals surface area contributed by atoms with Gasteiger partial charge in [-0.05, 0) is 21.5 Å². The Morgan fingerprint density at radius 3 is 2.53 bits per heavy atom. The number of hydrogen-bond donors (Lipinski definition) is 1. The highest BCUT2D eigenvalue weighted by atomic mass is 14.9. The lowest BCUT2D eigenvalue weighted by atomic mass is 9.98. The molecular formula is C17H12N2. The van der Waals surface area contributed by atoms with Crippen LogP contribution in [0, 0.1) is 0 Å². The van der Waals surface area contributed by atoms with E-state index in [4.69, 9.17) is 0 Å². The molecule has 1 aromatic heterocycles. The predicted molar refractivity (Wildman–Crippen MR) is 79.0 cm³/mol. The maximum atomic E-state index is 4.36. The lowest BCUT2D eigenvalue weighted by molar-refractivity contribution is 1.32. The summed E-state index contributed by atoms with van der Waals surface area (Å²) >= 11 is 0. The Balaban J connectivity index is 2.15. The van der Waals surface area contributed by atoms with Crippen molar-refractivity contribution in [1.29, 1.82) is 0 Å². The SMILES string of the molecule is c1ccc2c(c1)ccc1c(-c3ncc[nH]3)cccc12. The molecule has 3 aromatic carbocycles. The summed E-state index contributed by atoms with van der Waals surface area (Å²) in [5.74, 6) is 0.917. The van der Waals surface area contributed by atoms with E-state index in [-0.39, 0.29) is 0 Å². The fourth-order valence-corrected chi connectivity index (χ4v) is 2.66. The Hall–Kier alpha value is -2.61. The summed E-state index contributed by atoms with van der Waals surface area (Å²) in [4.78, 5) is 7.54. The van der Waals surface area contributed by atoms with Crippen molar-refractivity contribution < 1.29 is 0 Å². The second-order valence-corrected chi connectivity index (χ2v) is 4.63. The van der Waals surface area contributed by atoms with Crippen LogP contribution in [0.2, 0.25) is 0 Å². The molecule has 0 radical (unpaired) electrons. The normalized spacial score (nSPS) is 11.2. The molecule has 0 unspecified atom stereocenters. The molecule has 0 aliphatic rings. The van der Waals surface area contributed by atoms with Crippen LogP contribution in [-0.4, -0.2) is 9.97 Å². The van der Waals surface area contributed by atoms with Crippen molar-refractivity contribution in [3.63, 3.8) is 0 Å². The Morgan fingerprint density at radius 2 is 1.63 bits per heavy atom. The quantitative estimate of drug-likeness (QED) is 0.494. The molecule has 0 amide bonds. The van der Waals surface area contributed by atoms with Gasteiger partial charge in [-0.3, -0.25) is 0 Å². The predicted octanol–water partition coefficient (Wildman–Crippen LogP) is 4.38. The van der Waals surface area contributed by atoms with Crippen LogP contribution in [-0.2, 0) is 0 Å². The highest BCUT2D eigenvalue weighted by Crippen LogP contribution is 2.31. The minimum atomic E-state index is 0.917. The standard InChI is InChI=1S/C17H12N2/c1-2-5-13-12(4-1)8-9-15-14(13)6-3-7-16(15)17-18-10-11-19-17/h1-11H,(H,18,19). The van der Waals surface area contributed by atoms with E-state index in [9.17, 15) is 0 Å². The van der Waals surface area contributed by atoms with E-state index in [2.05, 4.69) is 64.6 Å². The molecule has 2 nitrogen and oxygen atoms in total.